The van der Waals surface area contributed by atoms with Crippen LogP contribution in [0.2, 0.25) is 0 Å². The first-order valence-electron chi connectivity index (χ1n) is 7.20. The first-order chi connectivity index (χ1) is 11.1. The lowest BCUT2D eigenvalue weighted by atomic mass is 10.1. The highest BCUT2D eigenvalue weighted by Gasteiger charge is 2.29. The van der Waals surface area contributed by atoms with Crippen LogP contribution < -0.4 is 15.4 Å². The van der Waals surface area contributed by atoms with Crippen LogP contribution in [0.3, 0.4) is 0 Å². The molecule has 0 spiro atoms. The summed E-state index contributed by atoms with van der Waals surface area (Å²) < 4.78 is 19.0. The van der Waals surface area contributed by atoms with Gasteiger partial charge in [0, 0.05) is 12.1 Å². The van der Waals surface area contributed by atoms with Crippen molar-refractivity contribution in [2.24, 2.45) is 0 Å². The zero-order valence-electron chi connectivity index (χ0n) is 12.2. The van der Waals surface area contributed by atoms with E-state index in [4.69, 9.17) is 4.74 Å². The first kappa shape index (κ1) is 15.0. The second-order valence-corrected chi connectivity index (χ2v) is 5.16. The number of carbonyl (C=O) groups excluding carboxylic acids is 2. The molecule has 1 aliphatic heterocycles. The van der Waals surface area contributed by atoms with Crippen molar-refractivity contribution in [2.45, 2.75) is 19.1 Å². The lowest BCUT2D eigenvalue weighted by Gasteiger charge is -2.25. The van der Waals surface area contributed by atoms with Crippen molar-refractivity contribution in [1.82, 2.24) is 5.32 Å². The van der Waals surface area contributed by atoms with Crippen LogP contribution in [0.25, 0.3) is 0 Å². The van der Waals surface area contributed by atoms with E-state index in [1.165, 1.54) is 6.07 Å². The van der Waals surface area contributed by atoms with Crippen LogP contribution in [-0.2, 0) is 16.1 Å². The summed E-state index contributed by atoms with van der Waals surface area (Å²) in [5.41, 5.74) is 0.973. The van der Waals surface area contributed by atoms with E-state index in [2.05, 4.69) is 10.6 Å². The Hall–Kier alpha value is -2.89. The summed E-state index contributed by atoms with van der Waals surface area (Å²) in [7, 11) is 0. The van der Waals surface area contributed by atoms with Gasteiger partial charge in [-0.1, -0.05) is 30.3 Å². The van der Waals surface area contributed by atoms with Gasteiger partial charge in [-0.2, -0.15) is 0 Å². The van der Waals surface area contributed by atoms with Gasteiger partial charge in [-0.25, -0.2) is 4.39 Å². The van der Waals surface area contributed by atoms with Crippen molar-refractivity contribution < 1.29 is 18.7 Å². The lowest BCUT2D eigenvalue weighted by molar-refractivity contribution is -0.130. The van der Waals surface area contributed by atoms with Crippen molar-refractivity contribution >= 4 is 17.5 Å². The number of halogens is 1. The van der Waals surface area contributed by atoms with Gasteiger partial charge in [-0.3, -0.25) is 9.59 Å². The van der Waals surface area contributed by atoms with Crippen molar-refractivity contribution in [1.29, 1.82) is 0 Å². The molecule has 23 heavy (non-hydrogen) atoms. The molecular formula is C17H15FN2O3. The van der Waals surface area contributed by atoms with E-state index in [1.54, 1.807) is 42.5 Å². The van der Waals surface area contributed by atoms with Crippen molar-refractivity contribution in [3.8, 4) is 5.75 Å². The smallest absolute Gasteiger partial charge is 0.266 e. The van der Waals surface area contributed by atoms with E-state index in [0.29, 0.717) is 17.0 Å². The molecule has 1 aliphatic rings. The number of amides is 2. The summed E-state index contributed by atoms with van der Waals surface area (Å²) in [4.78, 5) is 23.9. The molecule has 0 fully saturated rings. The fourth-order valence-electron chi connectivity index (χ4n) is 2.30. The van der Waals surface area contributed by atoms with Gasteiger partial charge < -0.3 is 15.4 Å². The predicted molar refractivity (Wildman–Crippen MR) is 82.4 cm³/mol. The molecule has 6 heteroatoms. The predicted octanol–water partition coefficient (Wildman–Crippen LogP) is 2.23. The molecule has 0 bridgehead atoms. The Bertz CT molecular complexity index is 748. The maximum Gasteiger partial charge on any atom is 0.266 e. The molecular weight excluding hydrogens is 299 g/mol. The SMILES string of the molecule is O=C(C[C@@H]1Oc2ccccc2NC1=O)NCc1ccccc1F. The highest BCUT2D eigenvalue weighted by molar-refractivity contribution is 5.99. The minimum Gasteiger partial charge on any atom is -0.478 e. The molecule has 118 valence electrons. The van der Waals surface area contributed by atoms with E-state index in [9.17, 15) is 14.0 Å². The minimum atomic E-state index is -0.898. The van der Waals surface area contributed by atoms with Crippen LogP contribution >= 0.6 is 0 Å². The fourth-order valence-corrected chi connectivity index (χ4v) is 2.30. The van der Waals surface area contributed by atoms with Gasteiger partial charge in [0.1, 0.15) is 11.6 Å². The summed E-state index contributed by atoms with van der Waals surface area (Å²) in [6.45, 7) is 0.0659. The largest absolute Gasteiger partial charge is 0.478 e. The van der Waals surface area contributed by atoms with E-state index >= 15 is 0 Å². The number of ether oxygens (including phenoxy) is 1. The summed E-state index contributed by atoms with van der Waals surface area (Å²) in [6.07, 6.45) is -1.03. The second kappa shape index (κ2) is 6.48. The van der Waals surface area contributed by atoms with Gasteiger partial charge in [0.25, 0.3) is 5.91 Å². The highest BCUT2D eigenvalue weighted by Crippen LogP contribution is 2.29. The van der Waals surface area contributed by atoms with Gasteiger partial charge in [-0.15, -0.1) is 0 Å². The third-order valence-corrected chi connectivity index (χ3v) is 3.51. The van der Waals surface area contributed by atoms with Crippen molar-refractivity contribution in [3.63, 3.8) is 0 Å². The van der Waals surface area contributed by atoms with Gasteiger partial charge in [0.05, 0.1) is 12.1 Å². The van der Waals surface area contributed by atoms with Crippen LogP contribution in [0.1, 0.15) is 12.0 Å². The second-order valence-electron chi connectivity index (χ2n) is 5.16. The summed E-state index contributed by atoms with van der Waals surface area (Å²) in [6, 6.07) is 13.2. The molecule has 0 saturated heterocycles. The number of benzene rings is 2. The van der Waals surface area contributed by atoms with Crippen LogP contribution in [-0.4, -0.2) is 17.9 Å². The number of carbonyl (C=O) groups is 2. The zero-order chi connectivity index (χ0) is 16.2. The van der Waals surface area contributed by atoms with E-state index in [-0.39, 0.29) is 30.6 Å². The molecule has 2 N–H and O–H groups in total. The van der Waals surface area contributed by atoms with E-state index in [0.717, 1.165) is 0 Å². The van der Waals surface area contributed by atoms with Crippen molar-refractivity contribution in [2.75, 3.05) is 5.32 Å². The Kier molecular flexibility index (Phi) is 4.23. The normalized spacial score (nSPS) is 16.0. The molecule has 0 saturated carbocycles. The average molecular weight is 314 g/mol. The molecule has 0 radical (unpaired) electrons. The summed E-state index contributed by atoms with van der Waals surface area (Å²) >= 11 is 0. The quantitative estimate of drug-likeness (QED) is 0.909. The molecule has 1 atom stereocenters. The third kappa shape index (κ3) is 3.48. The topological polar surface area (TPSA) is 67.4 Å². The molecule has 2 aromatic rings. The molecule has 3 rings (SSSR count). The number of fused-ring (bicyclic) bond motifs is 1. The van der Waals surface area contributed by atoms with Gasteiger partial charge in [-0.05, 0) is 18.2 Å². The Morgan fingerprint density at radius 1 is 1.17 bits per heavy atom. The van der Waals surface area contributed by atoms with E-state index < -0.39 is 6.10 Å². The number of anilines is 1. The Labute approximate surface area is 132 Å². The number of hydrogen-bond donors (Lipinski definition) is 2. The fraction of sp³-hybridized carbons (Fsp3) is 0.176. The Morgan fingerprint density at radius 3 is 2.74 bits per heavy atom. The highest BCUT2D eigenvalue weighted by atomic mass is 19.1. The standard InChI is InChI=1S/C17H15FN2O3/c18-12-6-2-1-5-11(12)10-19-16(21)9-15-17(22)20-13-7-3-4-8-14(13)23-15/h1-8,15H,9-10H2,(H,19,21)(H,20,22)/t15-/m0/s1. The number of hydrogen-bond acceptors (Lipinski definition) is 3. The third-order valence-electron chi connectivity index (χ3n) is 3.51. The number of para-hydroxylation sites is 2. The average Bonchev–Trinajstić information content (AvgIpc) is 2.55. The minimum absolute atomic E-state index is 0.0659. The maximum atomic E-state index is 13.5. The monoisotopic (exact) mass is 314 g/mol. The molecule has 0 aromatic heterocycles. The Morgan fingerprint density at radius 2 is 1.91 bits per heavy atom. The van der Waals surface area contributed by atoms with Gasteiger partial charge >= 0.3 is 0 Å². The van der Waals surface area contributed by atoms with E-state index in [1.807, 2.05) is 0 Å². The molecule has 0 aliphatic carbocycles. The number of rotatable bonds is 4. The lowest BCUT2D eigenvalue weighted by Crippen LogP contribution is -2.40. The van der Waals surface area contributed by atoms with Gasteiger partial charge in [0.15, 0.2) is 6.10 Å². The van der Waals surface area contributed by atoms with Crippen molar-refractivity contribution in [3.05, 3.63) is 59.9 Å². The van der Waals surface area contributed by atoms with Crippen LogP contribution in [0, 0.1) is 5.82 Å². The Balaban J connectivity index is 1.58. The molecule has 0 unspecified atom stereocenters. The summed E-state index contributed by atoms with van der Waals surface area (Å²) in [5, 5.41) is 5.29. The molecule has 5 nitrogen and oxygen atoms in total. The molecule has 2 aromatic carbocycles. The first-order valence-corrected chi connectivity index (χ1v) is 7.20. The molecule has 2 amide bonds. The zero-order valence-corrected chi connectivity index (χ0v) is 12.2. The van der Waals surface area contributed by atoms with Crippen LogP contribution in [0.4, 0.5) is 10.1 Å². The maximum absolute atomic E-state index is 13.5. The number of nitrogens with one attached hydrogen (secondary N) is 2. The summed E-state index contributed by atoms with van der Waals surface area (Å²) in [5.74, 6) is -0.607. The molecule has 1 heterocycles. The van der Waals surface area contributed by atoms with Gasteiger partial charge in [0.2, 0.25) is 5.91 Å². The van der Waals surface area contributed by atoms with Crippen LogP contribution in [0.15, 0.2) is 48.5 Å². The van der Waals surface area contributed by atoms with Crippen LogP contribution in [0.5, 0.6) is 5.75 Å².